The first kappa shape index (κ1) is 23.9. The van der Waals surface area contributed by atoms with Crippen molar-refractivity contribution in [2.45, 2.75) is 13.0 Å². The van der Waals surface area contributed by atoms with Crippen LogP contribution in [0.5, 0.6) is 0 Å². The van der Waals surface area contributed by atoms with Crippen LogP contribution >= 0.6 is 0 Å². The van der Waals surface area contributed by atoms with Crippen molar-refractivity contribution in [1.82, 2.24) is 14.9 Å². The lowest BCUT2D eigenvalue weighted by atomic mass is 10.1. The van der Waals surface area contributed by atoms with Crippen LogP contribution in [0.3, 0.4) is 0 Å². The highest BCUT2D eigenvalue weighted by atomic mass is 19.1. The molecule has 0 saturated carbocycles. The molecule has 0 saturated heterocycles. The summed E-state index contributed by atoms with van der Waals surface area (Å²) in [5.41, 5.74) is 2.82. The lowest BCUT2D eigenvalue weighted by Gasteiger charge is -2.12. The molecule has 5 rings (SSSR count). The van der Waals surface area contributed by atoms with Gasteiger partial charge in [-0.3, -0.25) is 9.59 Å². The predicted octanol–water partition coefficient (Wildman–Crippen LogP) is 5.65. The minimum atomic E-state index is -0.347. The summed E-state index contributed by atoms with van der Waals surface area (Å²) < 4.78 is 15.3. The van der Waals surface area contributed by atoms with Crippen LogP contribution in [0.4, 0.5) is 10.2 Å². The minimum absolute atomic E-state index is 0.0820. The van der Waals surface area contributed by atoms with Gasteiger partial charge in [0, 0.05) is 24.1 Å². The third-order valence-electron chi connectivity index (χ3n) is 6.06. The SMILES string of the molecule is O=C(CCNC(=O)c1ccc2ccccc2c1)Nc1c(-c2ccc(F)cc2)ncn1Cc1ccccc1. The summed E-state index contributed by atoms with van der Waals surface area (Å²) in [6.07, 6.45) is 1.74. The summed E-state index contributed by atoms with van der Waals surface area (Å²) in [5.74, 6) is -0.335. The predicted molar refractivity (Wildman–Crippen MR) is 143 cm³/mol. The Kier molecular flexibility index (Phi) is 7.03. The number of fused-ring (bicyclic) bond motifs is 1. The van der Waals surface area contributed by atoms with E-state index in [-0.39, 0.29) is 30.6 Å². The fraction of sp³-hybridized carbons (Fsp3) is 0.100. The first-order chi connectivity index (χ1) is 18.1. The lowest BCUT2D eigenvalue weighted by Crippen LogP contribution is -2.28. The molecular formula is C30H25FN4O2. The summed E-state index contributed by atoms with van der Waals surface area (Å²) in [7, 11) is 0. The molecule has 0 aliphatic heterocycles. The Labute approximate surface area is 213 Å². The van der Waals surface area contributed by atoms with Gasteiger partial charge in [0.05, 0.1) is 12.9 Å². The van der Waals surface area contributed by atoms with Crippen LogP contribution in [-0.4, -0.2) is 27.9 Å². The number of halogens is 1. The van der Waals surface area contributed by atoms with E-state index in [0.717, 1.165) is 16.3 Å². The van der Waals surface area contributed by atoms with Crippen molar-refractivity contribution in [3.63, 3.8) is 0 Å². The number of aromatic nitrogens is 2. The van der Waals surface area contributed by atoms with E-state index in [1.54, 1.807) is 24.5 Å². The van der Waals surface area contributed by atoms with Crippen molar-refractivity contribution < 1.29 is 14.0 Å². The molecule has 0 spiro atoms. The summed E-state index contributed by atoms with van der Waals surface area (Å²) >= 11 is 0. The molecule has 2 amide bonds. The minimum Gasteiger partial charge on any atom is -0.352 e. The zero-order chi connectivity index (χ0) is 25.6. The van der Waals surface area contributed by atoms with E-state index in [1.807, 2.05) is 71.3 Å². The monoisotopic (exact) mass is 492 g/mol. The number of anilines is 1. The molecule has 184 valence electrons. The van der Waals surface area contributed by atoms with Gasteiger partial charge in [0.2, 0.25) is 5.91 Å². The molecule has 0 aliphatic rings. The van der Waals surface area contributed by atoms with Gasteiger partial charge in [0.1, 0.15) is 17.3 Å². The average molecular weight is 493 g/mol. The number of hydrogen-bond donors (Lipinski definition) is 2. The Morgan fingerprint density at radius 1 is 0.838 bits per heavy atom. The molecule has 0 unspecified atom stereocenters. The summed E-state index contributed by atoms with van der Waals surface area (Å²) in [6, 6.07) is 29.1. The van der Waals surface area contributed by atoms with E-state index in [9.17, 15) is 14.0 Å². The van der Waals surface area contributed by atoms with Gasteiger partial charge in [-0.2, -0.15) is 0 Å². The number of rotatable bonds is 8. The second kappa shape index (κ2) is 10.9. The molecule has 6 nitrogen and oxygen atoms in total. The van der Waals surface area contributed by atoms with Gasteiger partial charge in [-0.05, 0) is 52.7 Å². The summed E-state index contributed by atoms with van der Waals surface area (Å²) in [6.45, 7) is 0.680. The van der Waals surface area contributed by atoms with E-state index in [2.05, 4.69) is 15.6 Å². The molecule has 7 heteroatoms. The standard InChI is InChI=1S/C30H25FN4O2/c31-26-14-12-23(13-15-26)28-29(35(20-33-28)19-21-6-2-1-3-7-21)34-27(36)16-17-32-30(37)25-11-10-22-8-4-5-9-24(22)18-25/h1-15,18,20H,16-17,19H2,(H,32,37)(H,34,36). The second-order valence-electron chi connectivity index (χ2n) is 8.68. The highest BCUT2D eigenvalue weighted by Crippen LogP contribution is 2.28. The van der Waals surface area contributed by atoms with Crippen molar-refractivity contribution in [3.8, 4) is 11.3 Å². The van der Waals surface area contributed by atoms with Crippen molar-refractivity contribution >= 4 is 28.4 Å². The van der Waals surface area contributed by atoms with Gasteiger partial charge in [-0.15, -0.1) is 0 Å². The molecule has 0 bridgehead atoms. The van der Waals surface area contributed by atoms with E-state index < -0.39 is 0 Å². The first-order valence-corrected chi connectivity index (χ1v) is 12.0. The fourth-order valence-corrected chi connectivity index (χ4v) is 4.15. The maximum atomic E-state index is 13.5. The van der Waals surface area contributed by atoms with Crippen LogP contribution in [0, 0.1) is 5.82 Å². The third-order valence-corrected chi connectivity index (χ3v) is 6.06. The van der Waals surface area contributed by atoms with Crippen molar-refractivity contribution in [2.75, 3.05) is 11.9 Å². The molecule has 4 aromatic carbocycles. The van der Waals surface area contributed by atoms with E-state index >= 15 is 0 Å². The lowest BCUT2D eigenvalue weighted by molar-refractivity contribution is -0.116. The van der Waals surface area contributed by atoms with Gasteiger partial charge in [-0.1, -0.05) is 60.7 Å². The van der Waals surface area contributed by atoms with Crippen LogP contribution in [-0.2, 0) is 11.3 Å². The summed E-state index contributed by atoms with van der Waals surface area (Å²) in [5, 5.41) is 7.80. The molecule has 2 N–H and O–H groups in total. The fourth-order valence-electron chi connectivity index (χ4n) is 4.15. The maximum Gasteiger partial charge on any atom is 0.251 e. The number of amides is 2. The van der Waals surface area contributed by atoms with Crippen LogP contribution in [0.15, 0.2) is 103 Å². The topological polar surface area (TPSA) is 76.0 Å². The Morgan fingerprint density at radius 2 is 1.57 bits per heavy atom. The Balaban J connectivity index is 1.27. The molecule has 0 aliphatic carbocycles. The molecule has 1 aromatic heterocycles. The van der Waals surface area contributed by atoms with Gasteiger partial charge < -0.3 is 15.2 Å². The average Bonchev–Trinajstić information content (AvgIpc) is 3.30. The van der Waals surface area contributed by atoms with Gasteiger partial charge in [-0.25, -0.2) is 9.37 Å². The maximum absolute atomic E-state index is 13.5. The molecule has 0 radical (unpaired) electrons. The number of nitrogens with one attached hydrogen (secondary N) is 2. The number of benzene rings is 4. The molecule has 1 heterocycles. The highest BCUT2D eigenvalue weighted by molar-refractivity contribution is 5.99. The number of nitrogens with zero attached hydrogens (tertiary/aromatic N) is 2. The van der Waals surface area contributed by atoms with Crippen LogP contribution in [0.25, 0.3) is 22.0 Å². The Bertz CT molecular complexity index is 1550. The largest absolute Gasteiger partial charge is 0.352 e. The molecule has 0 fully saturated rings. The number of hydrogen-bond acceptors (Lipinski definition) is 3. The normalized spacial score (nSPS) is 10.8. The molecular weight excluding hydrogens is 467 g/mol. The van der Waals surface area contributed by atoms with E-state index in [1.165, 1.54) is 12.1 Å². The van der Waals surface area contributed by atoms with Crippen LogP contribution in [0.2, 0.25) is 0 Å². The summed E-state index contributed by atoms with van der Waals surface area (Å²) in [4.78, 5) is 30.0. The smallest absolute Gasteiger partial charge is 0.251 e. The van der Waals surface area contributed by atoms with Gasteiger partial charge in [0.25, 0.3) is 5.91 Å². The molecule has 0 atom stereocenters. The zero-order valence-corrected chi connectivity index (χ0v) is 20.0. The first-order valence-electron chi connectivity index (χ1n) is 12.0. The van der Waals surface area contributed by atoms with Crippen molar-refractivity contribution in [1.29, 1.82) is 0 Å². The van der Waals surface area contributed by atoms with E-state index in [4.69, 9.17) is 0 Å². The molecule has 5 aromatic rings. The Morgan fingerprint density at radius 3 is 2.35 bits per heavy atom. The van der Waals surface area contributed by atoms with Gasteiger partial charge in [0.15, 0.2) is 0 Å². The quantitative estimate of drug-likeness (QED) is 0.294. The highest BCUT2D eigenvalue weighted by Gasteiger charge is 2.17. The number of carbonyl (C=O) groups excluding carboxylic acids is 2. The van der Waals surface area contributed by atoms with E-state index in [0.29, 0.717) is 29.2 Å². The zero-order valence-electron chi connectivity index (χ0n) is 20.0. The third kappa shape index (κ3) is 5.73. The second-order valence-corrected chi connectivity index (χ2v) is 8.68. The number of carbonyl (C=O) groups is 2. The van der Waals surface area contributed by atoms with Crippen LogP contribution in [0.1, 0.15) is 22.3 Å². The van der Waals surface area contributed by atoms with Crippen molar-refractivity contribution in [3.05, 3.63) is 120 Å². The Hall–Kier alpha value is -4.78. The number of imidazole rings is 1. The van der Waals surface area contributed by atoms with Crippen LogP contribution < -0.4 is 10.6 Å². The van der Waals surface area contributed by atoms with Gasteiger partial charge >= 0.3 is 0 Å². The van der Waals surface area contributed by atoms with Crippen molar-refractivity contribution in [2.24, 2.45) is 0 Å². The molecule has 37 heavy (non-hydrogen) atoms.